The molecule has 0 radical (unpaired) electrons. The van der Waals surface area contributed by atoms with Crippen molar-refractivity contribution in [2.24, 2.45) is 0 Å². The van der Waals surface area contributed by atoms with E-state index in [-0.39, 0.29) is 30.6 Å². The smallest absolute Gasteiger partial charge is 0.352 e. The van der Waals surface area contributed by atoms with E-state index < -0.39 is 40.9 Å². The number of amides is 2. The van der Waals surface area contributed by atoms with Crippen molar-refractivity contribution in [2.75, 3.05) is 11.9 Å². The van der Waals surface area contributed by atoms with E-state index >= 15 is 0 Å². The molecule has 2 aromatic carbocycles. The van der Waals surface area contributed by atoms with E-state index in [2.05, 4.69) is 15.7 Å². The monoisotopic (exact) mass is 452 g/mol. The molecular formula is C21H17F5N4O2. The average molecular weight is 452 g/mol. The number of nitrogens with zero attached hydrogens (tertiary/aromatic N) is 2. The summed E-state index contributed by atoms with van der Waals surface area (Å²) >= 11 is 0. The molecule has 0 atom stereocenters. The predicted molar refractivity (Wildman–Crippen MR) is 105 cm³/mol. The predicted octanol–water partition coefficient (Wildman–Crippen LogP) is 4.32. The van der Waals surface area contributed by atoms with Gasteiger partial charge >= 0.3 is 6.18 Å². The van der Waals surface area contributed by atoms with Gasteiger partial charge < -0.3 is 10.6 Å². The highest BCUT2D eigenvalue weighted by Crippen LogP contribution is 2.36. The van der Waals surface area contributed by atoms with Crippen molar-refractivity contribution in [2.45, 2.75) is 19.0 Å². The van der Waals surface area contributed by atoms with Crippen LogP contribution in [-0.4, -0.2) is 28.1 Å². The molecule has 0 aliphatic carbocycles. The van der Waals surface area contributed by atoms with Gasteiger partial charge in [-0.3, -0.25) is 9.59 Å². The summed E-state index contributed by atoms with van der Waals surface area (Å²) in [5.41, 5.74) is -1.62. The summed E-state index contributed by atoms with van der Waals surface area (Å²) in [5, 5.41) is 8.47. The molecular weight excluding hydrogens is 435 g/mol. The van der Waals surface area contributed by atoms with Gasteiger partial charge in [-0.15, -0.1) is 0 Å². The van der Waals surface area contributed by atoms with E-state index in [1.807, 2.05) is 0 Å². The van der Waals surface area contributed by atoms with E-state index in [4.69, 9.17) is 0 Å². The van der Waals surface area contributed by atoms with Crippen LogP contribution in [0.4, 0.5) is 27.6 Å². The Kier molecular flexibility index (Phi) is 6.86. The number of nitrogens with one attached hydrogen (secondary N) is 2. The number of alkyl halides is 3. The van der Waals surface area contributed by atoms with Crippen LogP contribution in [-0.2, 0) is 11.0 Å². The molecule has 11 heteroatoms. The minimum atomic E-state index is -4.71. The zero-order valence-electron chi connectivity index (χ0n) is 16.4. The van der Waals surface area contributed by atoms with E-state index in [0.717, 1.165) is 24.3 Å². The quantitative estimate of drug-likeness (QED) is 0.414. The molecule has 0 aliphatic heterocycles. The Labute approximate surface area is 179 Å². The highest BCUT2D eigenvalue weighted by molar-refractivity contribution is 5.94. The molecule has 168 valence electrons. The number of rotatable bonds is 7. The number of hydrogen-bond donors (Lipinski definition) is 2. The van der Waals surface area contributed by atoms with Crippen molar-refractivity contribution in [3.63, 3.8) is 0 Å². The molecule has 0 fully saturated rings. The molecule has 2 amide bonds. The number of aromatic nitrogens is 2. The Morgan fingerprint density at radius 1 is 1.06 bits per heavy atom. The van der Waals surface area contributed by atoms with Crippen LogP contribution in [0.1, 0.15) is 28.8 Å². The Balaban J connectivity index is 1.57. The first kappa shape index (κ1) is 22.9. The summed E-state index contributed by atoms with van der Waals surface area (Å²) in [4.78, 5) is 24.0. The molecule has 3 aromatic rings. The van der Waals surface area contributed by atoms with Gasteiger partial charge in [-0.2, -0.15) is 18.3 Å². The SMILES string of the molecule is O=C(CCCNC(=O)c1ccc(F)cc1F)Nc1ccc(-n2cccn2)cc1C(F)(F)F. The van der Waals surface area contributed by atoms with Crippen LogP contribution >= 0.6 is 0 Å². The van der Waals surface area contributed by atoms with Gasteiger partial charge in [0.05, 0.1) is 22.5 Å². The van der Waals surface area contributed by atoms with E-state index in [1.54, 1.807) is 6.07 Å². The molecule has 6 nitrogen and oxygen atoms in total. The van der Waals surface area contributed by atoms with Gasteiger partial charge in [0, 0.05) is 31.4 Å². The van der Waals surface area contributed by atoms with Gasteiger partial charge in [0.15, 0.2) is 0 Å². The van der Waals surface area contributed by atoms with Crippen molar-refractivity contribution in [1.82, 2.24) is 15.1 Å². The van der Waals surface area contributed by atoms with Crippen molar-refractivity contribution in [3.05, 3.63) is 77.6 Å². The lowest BCUT2D eigenvalue weighted by molar-refractivity contribution is -0.137. The molecule has 0 saturated heterocycles. The van der Waals surface area contributed by atoms with Crippen LogP contribution in [0, 0.1) is 11.6 Å². The fraction of sp³-hybridized carbons (Fsp3) is 0.190. The Bertz CT molecular complexity index is 1110. The second kappa shape index (κ2) is 9.58. The van der Waals surface area contributed by atoms with E-state index in [1.165, 1.54) is 23.1 Å². The maximum Gasteiger partial charge on any atom is 0.418 e. The first-order valence-corrected chi connectivity index (χ1v) is 9.39. The Morgan fingerprint density at radius 2 is 1.84 bits per heavy atom. The van der Waals surface area contributed by atoms with E-state index in [0.29, 0.717) is 6.07 Å². The first-order valence-electron chi connectivity index (χ1n) is 9.39. The third-order valence-corrected chi connectivity index (χ3v) is 4.39. The molecule has 0 aliphatic rings. The summed E-state index contributed by atoms with van der Waals surface area (Å²) in [6, 6.07) is 7.44. The molecule has 2 N–H and O–H groups in total. The third kappa shape index (κ3) is 5.68. The van der Waals surface area contributed by atoms with Gasteiger partial charge in [0.2, 0.25) is 5.91 Å². The number of benzene rings is 2. The van der Waals surface area contributed by atoms with Crippen LogP contribution in [0.25, 0.3) is 5.69 Å². The van der Waals surface area contributed by atoms with Gasteiger partial charge in [-0.25, -0.2) is 13.5 Å². The molecule has 1 heterocycles. The standard InChI is InChI=1S/C21H17F5N4O2/c22-13-4-6-15(17(23)11-13)20(32)27-8-1-3-19(31)29-18-7-5-14(30-10-2-9-28-30)12-16(18)21(24,25)26/h2,4-7,9-12H,1,3,8H2,(H,27,32)(H,29,31). The minimum Gasteiger partial charge on any atom is -0.352 e. The minimum absolute atomic E-state index is 0.0343. The fourth-order valence-corrected chi connectivity index (χ4v) is 2.87. The number of halogens is 5. The summed E-state index contributed by atoms with van der Waals surface area (Å²) in [7, 11) is 0. The average Bonchev–Trinajstić information content (AvgIpc) is 3.25. The van der Waals surface area contributed by atoms with Crippen LogP contribution < -0.4 is 10.6 Å². The van der Waals surface area contributed by atoms with Gasteiger partial charge in [0.25, 0.3) is 5.91 Å². The maximum absolute atomic E-state index is 13.6. The summed E-state index contributed by atoms with van der Waals surface area (Å²) in [5.74, 6) is -3.34. The van der Waals surface area contributed by atoms with Crippen LogP contribution in [0.3, 0.4) is 0 Å². The van der Waals surface area contributed by atoms with Crippen LogP contribution in [0.2, 0.25) is 0 Å². The summed E-state index contributed by atoms with van der Waals surface area (Å²) in [6.45, 7) is -0.0343. The molecule has 0 saturated carbocycles. The summed E-state index contributed by atoms with van der Waals surface area (Å²) < 4.78 is 68.1. The van der Waals surface area contributed by atoms with Crippen molar-refractivity contribution in [1.29, 1.82) is 0 Å². The van der Waals surface area contributed by atoms with Crippen LogP contribution in [0.15, 0.2) is 54.9 Å². The van der Waals surface area contributed by atoms with Gasteiger partial charge in [-0.1, -0.05) is 0 Å². The lowest BCUT2D eigenvalue weighted by Gasteiger charge is -2.15. The molecule has 3 rings (SSSR count). The molecule has 32 heavy (non-hydrogen) atoms. The topological polar surface area (TPSA) is 76.0 Å². The van der Waals surface area contributed by atoms with Gasteiger partial charge in [-0.05, 0) is 42.8 Å². The van der Waals surface area contributed by atoms with Crippen molar-refractivity contribution < 1.29 is 31.5 Å². The number of carbonyl (C=O) groups excluding carboxylic acids is 2. The lowest BCUT2D eigenvalue weighted by Crippen LogP contribution is -2.26. The second-order valence-corrected chi connectivity index (χ2v) is 6.71. The molecule has 0 unspecified atom stereocenters. The Hall–Kier alpha value is -3.76. The summed E-state index contributed by atoms with van der Waals surface area (Å²) in [6.07, 6.45) is -1.90. The van der Waals surface area contributed by atoms with Gasteiger partial charge in [0.1, 0.15) is 11.6 Å². The normalized spacial score (nSPS) is 11.3. The number of carbonyl (C=O) groups is 2. The molecule has 0 bridgehead atoms. The lowest BCUT2D eigenvalue weighted by atomic mass is 10.1. The number of hydrogen-bond acceptors (Lipinski definition) is 3. The second-order valence-electron chi connectivity index (χ2n) is 6.71. The molecule has 1 aromatic heterocycles. The maximum atomic E-state index is 13.6. The first-order chi connectivity index (χ1) is 15.1. The largest absolute Gasteiger partial charge is 0.418 e. The third-order valence-electron chi connectivity index (χ3n) is 4.39. The van der Waals surface area contributed by atoms with Crippen LogP contribution in [0.5, 0.6) is 0 Å². The highest BCUT2D eigenvalue weighted by atomic mass is 19.4. The zero-order valence-corrected chi connectivity index (χ0v) is 16.4. The van der Waals surface area contributed by atoms with E-state index in [9.17, 15) is 31.5 Å². The van der Waals surface area contributed by atoms with Crippen molar-refractivity contribution >= 4 is 17.5 Å². The van der Waals surface area contributed by atoms with Crippen molar-refractivity contribution in [3.8, 4) is 5.69 Å². The number of anilines is 1. The molecule has 0 spiro atoms. The fourth-order valence-electron chi connectivity index (χ4n) is 2.87. The zero-order chi connectivity index (χ0) is 23.3. The highest BCUT2D eigenvalue weighted by Gasteiger charge is 2.34. The Morgan fingerprint density at radius 3 is 2.50 bits per heavy atom.